The molecule has 1 aromatic carbocycles. The zero-order chi connectivity index (χ0) is 23.8. The summed E-state index contributed by atoms with van der Waals surface area (Å²) in [5, 5.41) is 0.344. The third kappa shape index (κ3) is 3.83. The summed E-state index contributed by atoms with van der Waals surface area (Å²) in [6.45, 7) is 4.98. The zero-order valence-corrected chi connectivity index (χ0v) is 19.3. The van der Waals surface area contributed by atoms with E-state index in [0.29, 0.717) is 10.9 Å². The minimum Gasteiger partial charge on any atom is -0.467 e. The van der Waals surface area contributed by atoms with Crippen LogP contribution in [0.5, 0.6) is 0 Å². The summed E-state index contributed by atoms with van der Waals surface area (Å²) >= 11 is 1.26. The number of anilines is 1. The molecule has 32 heavy (non-hydrogen) atoms. The second kappa shape index (κ2) is 8.65. The van der Waals surface area contributed by atoms with Crippen LogP contribution in [0.15, 0.2) is 45.5 Å². The molecule has 2 heterocycles. The Kier molecular flexibility index (Phi) is 6.31. The first-order valence-electron chi connectivity index (χ1n) is 9.54. The molecule has 1 amide bonds. The molecule has 0 saturated heterocycles. The van der Waals surface area contributed by atoms with Crippen LogP contribution in [-0.2, 0) is 33.4 Å². The van der Waals surface area contributed by atoms with Gasteiger partial charge in [-0.05, 0) is 44.7 Å². The molecule has 3 rings (SSSR count). The second-order valence-corrected chi connectivity index (χ2v) is 8.80. The van der Waals surface area contributed by atoms with E-state index in [4.69, 9.17) is 9.47 Å². The molecule has 1 aromatic rings. The molecule has 0 fully saturated rings. The lowest BCUT2D eigenvalue weighted by molar-refractivity contribution is -0.159. The number of amides is 1. The molecule has 0 radical (unpaired) electrons. The third-order valence-corrected chi connectivity index (χ3v) is 5.82. The van der Waals surface area contributed by atoms with Crippen molar-refractivity contribution in [3.8, 4) is 0 Å². The van der Waals surface area contributed by atoms with E-state index in [1.165, 1.54) is 18.9 Å². The number of fused-ring (bicyclic) bond motifs is 3. The van der Waals surface area contributed by atoms with Crippen LogP contribution in [0.4, 0.5) is 5.69 Å². The maximum absolute atomic E-state index is 13.0. The topological polar surface area (TPSA) is 115 Å². The van der Waals surface area contributed by atoms with Gasteiger partial charge in [-0.15, -0.1) is 0 Å². The number of thioether (sulfide) groups is 1. The fraction of sp³-hybridized carbons (Fsp3) is 0.381. The van der Waals surface area contributed by atoms with Crippen LogP contribution in [0.3, 0.4) is 0 Å². The Labute approximate surface area is 189 Å². The summed E-state index contributed by atoms with van der Waals surface area (Å²) in [6.07, 6.45) is 0. The number of carbonyl (C=O) groups is 4. The van der Waals surface area contributed by atoms with Crippen molar-refractivity contribution in [1.29, 1.82) is 0 Å². The smallest absolute Gasteiger partial charge is 0.397 e. The lowest BCUT2D eigenvalue weighted by atomic mass is 9.99. The lowest BCUT2D eigenvalue weighted by Gasteiger charge is -2.40. The van der Waals surface area contributed by atoms with Gasteiger partial charge in [0.05, 0.1) is 27.0 Å². The number of ether oxygens (including phenoxy) is 3. The number of benzene rings is 1. The van der Waals surface area contributed by atoms with Crippen LogP contribution in [0.25, 0.3) is 0 Å². The van der Waals surface area contributed by atoms with Crippen LogP contribution in [0.2, 0.25) is 0 Å². The standard InChI is InChI=1S/C21H23N3O7S/c1-21(2,3)24(16(25)19(28)31-6)15-13(17(26)29-4)14(18(27)30-5)23-11-9-7-8-10-12(11)32-20(23)22-15/h7-10,14H,1-6H3. The number of methoxy groups -OCH3 is 3. The summed E-state index contributed by atoms with van der Waals surface area (Å²) in [4.78, 5) is 59.0. The Bertz CT molecular complexity index is 1060. The number of nitrogens with zero attached hydrogens (tertiary/aromatic N) is 3. The van der Waals surface area contributed by atoms with Crippen molar-refractivity contribution >= 4 is 46.4 Å². The van der Waals surface area contributed by atoms with E-state index < -0.39 is 35.4 Å². The van der Waals surface area contributed by atoms with Crippen LogP contribution in [0.1, 0.15) is 20.8 Å². The Hall–Kier alpha value is -3.34. The van der Waals surface area contributed by atoms with Crippen LogP contribution < -0.4 is 4.90 Å². The molecular formula is C21H23N3O7S. The molecule has 0 bridgehead atoms. The van der Waals surface area contributed by atoms with Crippen molar-refractivity contribution in [2.75, 3.05) is 26.2 Å². The predicted molar refractivity (Wildman–Crippen MR) is 116 cm³/mol. The molecular weight excluding hydrogens is 438 g/mol. The van der Waals surface area contributed by atoms with Crippen molar-refractivity contribution in [3.63, 3.8) is 0 Å². The summed E-state index contributed by atoms with van der Waals surface area (Å²) in [5.74, 6) is -4.01. The van der Waals surface area contributed by atoms with E-state index >= 15 is 0 Å². The number of aliphatic imine (C=N–C) groups is 1. The second-order valence-electron chi connectivity index (χ2n) is 7.79. The van der Waals surface area contributed by atoms with E-state index in [9.17, 15) is 19.2 Å². The Morgan fingerprint density at radius 1 is 1.03 bits per heavy atom. The first-order chi connectivity index (χ1) is 15.1. The van der Waals surface area contributed by atoms with Gasteiger partial charge in [0.15, 0.2) is 17.0 Å². The van der Waals surface area contributed by atoms with Crippen LogP contribution in [0, 0.1) is 0 Å². The fourth-order valence-corrected chi connectivity index (χ4v) is 4.49. The maximum atomic E-state index is 13.0. The molecule has 0 N–H and O–H groups in total. The molecule has 0 aliphatic carbocycles. The Morgan fingerprint density at radius 2 is 1.69 bits per heavy atom. The molecule has 0 aromatic heterocycles. The summed E-state index contributed by atoms with van der Waals surface area (Å²) in [6, 6.07) is 5.95. The van der Waals surface area contributed by atoms with Gasteiger partial charge in [-0.2, -0.15) is 0 Å². The molecule has 2 aliphatic rings. The van der Waals surface area contributed by atoms with Crippen LogP contribution >= 0.6 is 11.8 Å². The summed E-state index contributed by atoms with van der Waals surface area (Å²) < 4.78 is 14.6. The zero-order valence-electron chi connectivity index (χ0n) is 18.5. The quantitative estimate of drug-likeness (QED) is 0.377. The van der Waals surface area contributed by atoms with E-state index in [-0.39, 0.29) is 11.4 Å². The Balaban J connectivity index is 2.34. The number of para-hydroxylation sites is 1. The molecule has 10 nitrogen and oxygen atoms in total. The minimum atomic E-state index is -1.29. The van der Waals surface area contributed by atoms with Gasteiger partial charge < -0.3 is 19.1 Å². The summed E-state index contributed by atoms with van der Waals surface area (Å²) in [7, 11) is 3.42. The number of hydrogen-bond donors (Lipinski definition) is 0. The summed E-state index contributed by atoms with van der Waals surface area (Å²) in [5.41, 5.74) is -0.593. The largest absolute Gasteiger partial charge is 0.467 e. The number of carbonyl (C=O) groups excluding carboxylic acids is 4. The highest BCUT2D eigenvalue weighted by Crippen LogP contribution is 2.46. The molecule has 1 atom stereocenters. The van der Waals surface area contributed by atoms with Gasteiger partial charge >= 0.3 is 23.8 Å². The molecule has 0 spiro atoms. The average Bonchev–Trinajstić information content (AvgIpc) is 3.13. The minimum absolute atomic E-state index is 0.179. The van der Waals surface area contributed by atoms with Gasteiger partial charge in [0.1, 0.15) is 5.57 Å². The van der Waals surface area contributed by atoms with Crippen molar-refractivity contribution in [3.05, 3.63) is 35.7 Å². The molecule has 0 saturated carbocycles. The highest BCUT2D eigenvalue weighted by atomic mass is 32.2. The fourth-order valence-electron chi connectivity index (χ4n) is 3.44. The van der Waals surface area contributed by atoms with Crippen molar-refractivity contribution in [1.82, 2.24) is 4.90 Å². The highest BCUT2D eigenvalue weighted by molar-refractivity contribution is 8.14. The van der Waals surface area contributed by atoms with Gasteiger partial charge in [0, 0.05) is 10.4 Å². The number of hydrogen-bond acceptors (Lipinski definition) is 10. The number of amidine groups is 1. The monoisotopic (exact) mass is 461 g/mol. The van der Waals surface area contributed by atoms with Crippen molar-refractivity contribution in [2.45, 2.75) is 37.2 Å². The van der Waals surface area contributed by atoms with E-state index in [1.807, 2.05) is 12.1 Å². The molecule has 1 unspecified atom stereocenters. The van der Waals surface area contributed by atoms with Gasteiger partial charge in [-0.3, -0.25) is 9.69 Å². The van der Waals surface area contributed by atoms with Gasteiger partial charge in [0.25, 0.3) is 0 Å². The van der Waals surface area contributed by atoms with Crippen LogP contribution in [-0.4, -0.2) is 66.8 Å². The van der Waals surface area contributed by atoms with E-state index in [2.05, 4.69) is 9.73 Å². The van der Waals surface area contributed by atoms with Crippen molar-refractivity contribution < 1.29 is 33.4 Å². The van der Waals surface area contributed by atoms with Gasteiger partial charge in [-0.1, -0.05) is 12.1 Å². The van der Waals surface area contributed by atoms with Crippen molar-refractivity contribution in [2.24, 2.45) is 4.99 Å². The normalized spacial score (nSPS) is 17.1. The first kappa shape index (κ1) is 23.3. The van der Waals surface area contributed by atoms with E-state index in [1.54, 1.807) is 37.8 Å². The molecule has 2 aliphatic heterocycles. The van der Waals surface area contributed by atoms with Gasteiger partial charge in [-0.25, -0.2) is 19.4 Å². The molecule has 11 heteroatoms. The SMILES string of the molecule is COC(=O)C(=O)N(C1=C(C(=O)OC)C(C(=O)OC)N2C(=N1)Sc1ccccc12)C(C)(C)C. The highest BCUT2D eigenvalue weighted by Gasteiger charge is 2.49. The van der Waals surface area contributed by atoms with E-state index in [0.717, 1.165) is 24.0 Å². The maximum Gasteiger partial charge on any atom is 0.397 e. The average molecular weight is 461 g/mol. The Morgan fingerprint density at radius 3 is 2.25 bits per heavy atom. The lowest BCUT2D eigenvalue weighted by Crippen LogP contribution is -2.54. The predicted octanol–water partition coefficient (Wildman–Crippen LogP) is 1.69. The third-order valence-electron chi connectivity index (χ3n) is 4.78. The van der Waals surface area contributed by atoms with Gasteiger partial charge in [0.2, 0.25) is 0 Å². The number of rotatable bonds is 3. The first-order valence-corrected chi connectivity index (χ1v) is 10.4. The molecule has 170 valence electrons. The number of esters is 3.